The van der Waals surface area contributed by atoms with Gasteiger partial charge in [0.05, 0.1) is 7.11 Å². The van der Waals surface area contributed by atoms with E-state index in [9.17, 15) is 18.4 Å². The fourth-order valence-electron chi connectivity index (χ4n) is 1.75. The quantitative estimate of drug-likeness (QED) is 0.543. The normalized spacial score (nSPS) is 11.0. The molecule has 0 atom stereocenters. The average Bonchev–Trinajstić information content (AvgIpc) is 2.56. The smallest absolute Gasteiger partial charge is 0.387 e. The van der Waals surface area contributed by atoms with E-state index >= 15 is 0 Å². The van der Waals surface area contributed by atoms with Gasteiger partial charge in [-0.1, -0.05) is 26.0 Å². The number of hydrogen-bond donors (Lipinski definition) is 1. The molecule has 1 rings (SSSR count). The minimum absolute atomic E-state index is 0.101. The standard InChI is InChI=1S/C17H21F2NO5/c1-11(2)9-20-14(21)10-24-15(22)8-7-12-5-4-6-13(23-3)16(12)25-17(18)19/h4-8,11,17H,9-10H2,1-3H3,(H,20,21)/b8-7+. The molecule has 0 aliphatic heterocycles. The molecule has 0 spiro atoms. The maximum absolute atomic E-state index is 12.5. The van der Waals surface area contributed by atoms with Crippen LogP contribution in [0.5, 0.6) is 11.5 Å². The number of benzene rings is 1. The molecule has 0 aromatic heterocycles. The van der Waals surface area contributed by atoms with Crippen LogP contribution in [0.2, 0.25) is 0 Å². The number of para-hydroxylation sites is 1. The van der Waals surface area contributed by atoms with Gasteiger partial charge in [-0.2, -0.15) is 8.78 Å². The minimum Gasteiger partial charge on any atom is -0.493 e. The summed E-state index contributed by atoms with van der Waals surface area (Å²) in [6.07, 6.45) is 2.26. The molecular formula is C17H21F2NO5. The summed E-state index contributed by atoms with van der Waals surface area (Å²) in [5.74, 6) is -1.02. The Kier molecular flexibility index (Phi) is 8.38. The predicted octanol–water partition coefficient (Wildman–Crippen LogP) is 2.63. The van der Waals surface area contributed by atoms with Gasteiger partial charge in [-0.25, -0.2) is 4.79 Å². The maximum Gasteiger partial charge on any atom is 0.387 e. The van der Waals surface area contributed by atoms with Crippen molar-refractivity contribution in [2.45, 2.75) is 20.5 Å². The van der Waals surface area contributed by atoms with Gasteiger partial charge in [0.1, 0.15) is 0 Å². The van der Waals surface area contributed by atoms with Crippen LogP contribution in [0.25, 0.3) is 6.08 Å². The summed E-state index contributed by atoms with van der Waals surface area (Å²) in [6, 6.07) is 4.48. The Balaban J connectivity index is 2.68. The molecule has 0 heterocycles. The summed E-state index contributed by atoms with van der Waals surface area (Å²) in [5.41, 5.74) is 0.209. The van der Waals surface area contributed by atoms with Crippen LogP contribution in [0.15, 0.2) is 24.3 Å². The largest absolute Gasteiger partial charge is 0.493 e. The van der Waals surface area contributed by atoms with Gasteiger partial charge in [-0.3, -0.25) is 4.79 Å². The van der Waals surface area contributed by atoms with Crippen molar-refractivity contribution in [1.29, 1.82) is 0 Å². The van der Waals surface area contributed by atoms with E-state index in [1.807, 2.05) is 13.8 Å². The summed E-state index contributed by atoms with van der Waals surface area (Å²) in [6.45, 7) is 0.878. The summed E-state index contributed by atoms with van der Waals surface area (Å²) in [4.78, 5) is 23.1. The summed E-state index contributed by atoms with van der Waals surface area (Å²) < 4.78 is 39.2. The minimum atomic E-state index is -3.04. The predicted molar refractivity (Wildman–Crippen MR) is 87.5 cm³/mol. The van der Waals surface area contributed by atoms with Crippen molar-refractivity contribution < 1.29 is 32.6 Å². The lowest BCUT2D eigenvalue weighted by Gasteiger charge is -2.12. The van der Waals surface area contributed by atoms with Gasteiger partial charge in [-0.15, -0.1) is 0 Å². The SMILES string of the molecule is COc1cccc(/C=C/C(=O)OCC(=O)NCC(C)C)c1OC(F)F. The third-order valence-corrected chi connectivity index (χ3v) is 2.89. The van der Waals surface area contributed by atoms with Crippen LogP contribution in [0.1, 0.15) is 19.4 Å². The lowest BCUT2D eigenvalue weighted by molar-refractivity contribution is -0.143. The monoisotopic (exact) mass is 357 g/mol. The number of carbonyl (C=O) groups is 2. The van der Waals surface area contributed by atoms with E-state index in [1.54, 1.807) is 6.07 Å². The van der Waals surface area contributed by atoms with Crippen LogP contribution in [0.4, 0.5) is 8.78 Å². The van der Waals surface area contributed by atoms with E-state index in [-0.39, 0.29) is 23.0 Å². The molecule has 25 heavy (non-hydrogen) atoms. The molecule has 1 aromatic rings. The van der Waals surface area contributed by atoms with Gasteiger partial charge in [0.25, 0.3) is 5.91 Å². The van der Waals surface area contributed by atoms with Crippen molar-refractivity contribution in [1.82, 2.24) is 5.32 Å². The molecule has 138 valence electrons. The van der Waals surface area contributed by atoms with E-state index < -0.39 is 25.1 Å². The summed E-state index contributed by atoms with van der Waals surface area (Å²) >= 11 is 0. The van der Waals surface area contributed by atoms with Gasteiger partial charge >= 0.3 is 12.6 Å². The first kappa shape index (κ1) is 20.4. The second kappa shape index (κ2) is 10.3. The third kappa shape index (κ3) is 7.65. The van der Waals surface area contributed by atoms with Crippen molar-refractivity contribution in [3.05, 3.63) is 29.8 Å². The second-order valence-corrected chi connectivity index (χ2v) is 5.40. The Labute approximate surface area is 144 Å². The molecule has 0 unspecified atom stereocenters. The first-order valence-corrected chi connectivity index (χ1v) is 7.56. The van der Waals surface area contributed by atoms with Crippen LogP contribution < -0.4 is 14.8 Å². The molecule has 0 aliphatic carbocycles. The van der Waals surface area contributed by atoms with E-state index in [2.05, 4.69) is 10.1 Å². The zero-order valence-electron chi connectivity index (χ0n) is 14.3. The van der Waals surface area contributed by atoms with Gasteiger partial charge in [0, 0.05) is 18.2 Å². The summed E-state index contributed by atoms with van der Waals surface area (Å²) in [7, 11) is 1.31. The number of alkyl halides is 2. The average molecular weight is 357 g/mol. The number of carbonyl (C=O) groups excluding carboxylic acids is 2. The molecule has 1 N–H and O–H groups in total. The molecule has 0 saturated heterocycles. The van der Waals surface area contributed by atoms with E-state index in [0.717, 1.165) is 6.08 Å². The molecule has 0 radical (unpaired) electrons. The highest BCUT2D eigenvalue weighted by atomic mass is 19.3. The molecule has 0 fully saturated rings. The zero-order chi connectivity index (χ0) is 18.8. The number of hydrogen-bond acceptors (Lipinski definition) is 5. The Bertz CT molecular complexity index is 617. The number of nitrogens with one attached hydrogen (secondary N) is 1. The van der Waals surface area contributed by atoms with Gasteiger partial charge < -0.3 is 19.5 Å². The first-order valence-electron chi connectivity index (χ1n) is 7.56. The maximum atomic E-state index is 12.5. The van der Waals surface area contributed by atoms with Gasteiger partial charge in [0.2, 0.25) is 0 Å². The lowest BCUT2D eigenvalue weighted by Crippen LogP contribution is -2.31. The van der Waals surface area contributed by atoms with Crippen LogP contribution in [-0.2, 0) is 14.3 Å². The highest BCUT2D eigenvalue weighted by Gasteiger charge is 2.14. The highest BCUT2D eigenvalue weighted by molar-refractivity contribution is 5.89. The number of rotatable bonds is 9. The third-order valence-electron chi connectivity index (χ3n) is 2.89. The number of halogens is 2. The van der Waals surface area contributed by atoms with Crippen molar-refractivity contribution in [3.8, 4) is 11.5 Å². The molecule has 0 saturated carbocycles. The molecular weight excluding hydrogens is 336 g/mol. The topological polar surface area (TPSA) is 73.9 Å². The fraction of sp³-hybridized carbons (Fsp3) is 0.412. The van der Waals surface area contributed by atoms with Crippen molar-refractivity contribution in [2.75, 3.05) is 20.3 Å². The molecule has 1 aromatic carbocycles. The molecule has 1 amide bonds. The number of amides is 1. The van der Waals surface area contributed by atoms with Gasteiger partial charge in [-0.05, 0) is 18.1 Å². The molecule has 0 aliphatic rings. The van der Waals surface area contributed by atoms with Crippen molar-refractivity contribution in [3.63, 3.8) is 0 Å². The van der Waals surface area contributed by atoms with Crippen LogP contribution in [0, 0.1) is 5.92 Å². The Morgan fingerprint density at radius 1 is 1.28 bits per heavy atom. The zero-order valence-corrected chi connectivity index (χ0v) is 14.3. The Morgan fingerprint density at radius 3 is 2.60 bits per heavy atom. The first-order chi connectivity index (χ1) is 11.8. The fourth-order valence-corrected chi connectivity index (χ4v) is 1.75. The van der Waals surface area contributed by atoms with Gasteiger partial charge in [0.15, 0.2) is 18.1 Å². The molecule has 6 nitrogen and oxygen atoms in total. The Hall–Kier alpha value is -2.64. The van der Waals surface area contributed by atoms with Crippen molar-refractivity contribution in [2.24, 2.45) is 5.92 Å². The van der Waals surface area contributed by atoms with E-state index in [0.29, 0.717) is 6.54 Å². The highest BCUT2D eigenvalue weighted by Crippen LogP contribution is 2.33. The summed E-state index contributed by atoms with van der Waals surface area (Å²) in [5, 5.41) is 2.60. The van der Waals surface area contributed by atoms with Crippen molar-refractivity contribution >= 4 is 18.0 Å². The van der Waals surface area contributed by atoms with Crippen LogP contribution in [-0.4, -0.2) is 38.7 Å². The molecule has 8 heteroatoms. The van der Waals surface area contributed by atoms with Crippen LogP contribution in [0.3, 0.4) is 0 Å². The lowest BCUT2D eigenvalue weighted by atomic mass is 10.1. The van der Waals surface area contributed by atoms with E-state index in [1.165, 1.54) is 25.3 Å². The Morgan fingerprint density at radius 2 is 2.00 bits per heavy atom. The second-order valence-electron chi connectivity index (χ2n) is 5.40. The van der Waals surface area contributed by atoms with E-state index in [4.69, 9.17) is 9.47 Å². The van der Waals surface area contributed by atoms with Crippen LogP contribution >= 0.6 is 0 Å². The number of ether oxygens (including phenoxy) is 3. The molecule has 0 bridgehead atoms. The number of esters is 1. The number of methoxy groups -OCH3 is 1.